The van der Waals surface area contributed by atoms with E-state index in [0.29, 0.717) is 5.69 Å². The van der Waals surface area contributed by atoms with E-state index >= 15 is 0 Å². The number of aromatic nitrogens is 1. The third-order valence-electron chi connectivity index (χ3n) is 3.50. The van der Waals surface area contributed by atoms with Crippen molar-refractivity contribution in [2.45, 2.75) is 13.8 Å². The number of fused-ring (bicyclic) bond motifs is 1. The molecule has 3 rings (SSSR count). The van der Waals surface area contributed by atoms with Gasteiger partial charge in [-0.15, -0.1) is 0 Å². The maximum atomic E-state index is 6.27. The van der Waals surface area contributed by atoms with Gasteiger partial charge in [-0.3, -0.25) is 4.98 Å². The highest BCUT2D eigenvalue weighted by Gasteiger charge is 2.07. The van der Waals surface area contributed by atoms with Crippen LogP contribution in [0.4, 0.5) is 5.69 Å². The molecule has 1 heterocycles. The van der Waals surface area contributed by atoms with Crippen LogP contribution in [-0.2, 0) is 0 Å². The molecule has 3 aromatic rings. The van der Waals surface area contributed by atoms with Crippen LogP contribution in [0.15, 0.2) is 48.5 Å². The lowest BCUT2D eigenvalue weighted by Gasteiger charge is -2.07. The van der Waals surface area contributed by atoms with Crippen LogP contribution in [0.1, 0.15) is 22.4 Å². The molecule has 0 aliphatic rings. The molecule has 0 saturated carbocycles. The summed E-state index contributed by atoms with van der Waals surface area (Å²) in [6.45, 7) is 4.01. The maximum absolute atomic E-state index is 6.27. The van der Waals surface area contributed by atoms with E-state index < -0.39 is 0 Å². The summed E-state index contributed by atoms with van der Waals surface area (Å²) < 4.78 is 0. The van der Waals surface area contributed by atoms with Crippen molar-refractivity contribution in [3.63, 3.8) is 0 Å². The summed E-state index contributed by atoms with van der Waals surface area (Å²) in [6, 6.07) is 16.0. The number of pyridine rings is 1. The van der Waals surface area contributed by atoms with Crippen molar-refractivity contribution in [1.82, 2.24) is 4.98 Å². The number of para-hydroxylation sites is 1. The molecular weight excluding hydrogens is 256 g/mol. The standard InChI is InChI=1S/C19H16N2/c1-13-7-9-15(10-8-13)11-12-16-14(2)21-18-6-4-3-5-17(18)19(16)20/h3-10H,1-2H3,(H2,20,21). The fourth-order valence-electron chi connectivity index (χ4n) is 2.29. The normalized spacial score (nSPS) is 10.2. The number of benzene rings is 2. The van der Waals surface area contributed by atoms with Crippen LogP contribution in [0.5, 0.6) is 0 Å². The SMILES string of the molecule is Cc1ccc(C#Cc2c(C)nc3ccccc3c2N)cc1. The summed E-state index contributed by atoms with van der Waals surface area (Å²) in [4.78, 5) is 4.58. The number of anilines is 1. The van der Waals surface area contributed by atoms with Crippen molar-refractivity contribution in [3.05, 3.63) is 70.9 Å². The van der Waals surface area contributed by atoms with E-state index in [2.05, 4.69) is 35.9 Å². The molecule has 21 heavy (non-hydrogen) atoms. The first-order chi connectivity index (χ1) is 10.1. The first-order valence-corrected chi connectivity index (χ1v) is 6.88. The Morgan fingerprint density at radius 2 is 1.62 bits per heavy atom. The van der Waals surface area contributed by atoms with Crippen molar-refractivity contribution >= 4 is 16.6 Å². The van der Waals surface area contributed by atoms with Crippen LogP contribution < -0.4 is 5.73 Å². The molecule has 0 saturated heterocycles. The number of hydrogen-bond donors (Lipinski definition) is 1. The van der Waals surface area contributed by atoms with Crippen molar-refractivity contribution in [3.8, 4) is 11.8 Å². The topological polar surface area (TPSA) is 38.9 Å². The fourth-order valence-corrected chi connectivity index (χ4v) is 2.29. The van der Waals surface area contributed by atoms with Gasteiger partial charge in [-0.05, 0) is 32.0 Å². The van der Waals surface area contributed by atoms with Gasteiger partial charge in [-0.1, -0.05) is 47.7 Å². The molecule has 1 aromatic heterocycles. The van der Waals surface area contributed by atoms with Crippen molar-refractivity contribution < 1.29 is 0 Å². The molecule has 102 valence electrons. The molecule has 2 heteroatoms. The lowest BCUT2D eigenvalue weighted by atomic mass is 10.1. The summed E-state index contributed by atoms with van der Waals surface area (Å²) in [7, 11) is 0. The monoisotopic (exact) mass is 272 g/mol. The zero-order valence-electron chi connectivity index (χ0n) is 12.1. The predicted molar refractivity (Wildman–Crippen MR) is 88.1 cm³/mol. The minimum atomic E-state index is 0.706. The number of nitrogens with two attached hydrogens (primary N) is 1. The van der Waals surface area contributed by atoms with Crippen molar-refractivity contribution in [1.29, 1.82) is 0 Å². The van der Waals surface area contributed by atoms with Gasteiger partial charge in [0.05, 0.1) is 22.5 Å². The lowest BCUT2D eigenvalue weighted by molar-refractivity contribution is 1.24. The molecule has 2 nitrogen and oxygen atoms in total. The lowest BCUT2D eigenvalue weighted by Crippen LogP contribution is -1.98. The van der Waals surface area contributed by atoms with Gasteiger partial charge >= 0.3 is 0 Å². The average Bonchev–Trinajstić information content (AvgIpc) is 2.49. The smallest absolute Gasteiger partial charge is 0.0726 e. The number of nitrogen functional groups attached to an aromatic ring is 1. The molecule has 2 aromatic carbocycles. The minimum Gasteiger partial charge on any atom is -0.397 e. The van der Waals surface area contributed by atoms with Gasteiger partial charge < -0.3 is 5.73 Å². The molecule has 0 amide bonds. The van der Waals surface area contributed by atoms with E-state index in [1.807, 2.05) is 43.3 Å². The van der Waals surface area contributed by atoms with E-state index in [9.17, 15) is 0 Å². The molecular formula is C19H16N2. The Kier molecular flexibility index (Phi) is 3.33. The first-order valence-electron chi connectivity index (χ1n) is 6.88. The molecule has 0 fully saturated rings. The maximum Gasteiger partial charge on any atom is 0.0726 e. The third kappa shape index (κ3) is 2.59. The minimum absolute atomic E-state index is 0.706. The summed E-state index contributed by atoms with van der Waals surface area (Å²) in [5, 5.41) is 0.955. The highest BCUT2D eigenvalue weighted by molar-refractivity contribution is 5.93. The van der Waals surface area contributed by atoms with Crippen LogP contribution in [-0.4, -0.2) is 4.98 Å². The molecule has 0 radical (unpaired) electrons. The van der Waals surface area contributed by atoms with Crippen LogP contribution >= 0.6 is 0 Å². The van der Waals surface area contributed by atoms with E-state index in [1.54, 1.807) is 0 Å². The largest absolute Gasteiger partial charge is 0.397 e. The Bertz CT molecular complexity index is 866. The van der Waals surface area contributed by atoms with Crippen LogP contribution in [0.2, 0.25) is 0 Å². The van der Waals surface area contributed by atoms with Crippen molar-refractivity contribution in [2.24, 2.45) is 0 Å². The average molecular weight is 272 g/mol. The van der Waals surface area contributed by atoms with Crippen LogP contribution in [0.25, 0.3) is 10.9 Å². The molecule has 2 N–H and O–H groups in total. The Balaban J connectivity index is 2.11. The fraction of sp³-hybridized carbons (Fsp3) is 0.105. The number of aryl methyl sites for hydroxylation is 2. The summed E-state index contributed by atoms with van der Waals surface area (Å²) >= 11 is 0. The van der Waals surface area contributed by atoms with E-state index in [0.717, 1.165) is 27.7 Å². The second-order valence-electron chi connectivity index (χ2n) is 5.12. The Morgan fingerprint density at radius 1 is 0.905 bits per heavy atom. The number of nitrogens with zero attached hydrogens (tertiary/aromatic N) is 1. The summed E-state index contributed by atoms with van der Waals surface area (Å²) in [5.41, 5.74) is 11.8. The number of hydrogen-bond acceptors (Lipinski definition) is 2. The van der Waals surface area contributed by atoms with Gasteiger partial charge in [0.1, 0.15) is 0 Å². The van der Waals surface area contributed by atoms with Gasteiger partial charge in [0.2, 0.25) is 0 Å². The zero-order chi connectivity index (χ0) is 14.8. The molecule has 0 unspecified atom stereocenters. The summed E-state index contributed by atoms with van der Waals surface area (Å²) in [6.07, 6.45) is 0. The highest BCUT2D eigenvalue weighted by atomic mass is 14.7. The molecule has 0 bridgehead atoms. The van der Waals surface area contributed by atoms with E-state index in [4.69, 9.17) is 5.73 Å². The van der Waals surface area contributed by atoms with E-state index in [-0.39, 0.29) is 0 Å². The van der Waals surface area contributed by atoms with Gasteiger partial charge in [-0.25, -0.2) is 0 Å². The van der Waals surface area contributed by atoms with E-state index in [1.165, 1.54) is 5.56 Å². The predicted octanol–water partition coefficient (Wildman–Crippen LogP) is 3.83. The second kappa shape index (κ2) is 5.30. The third-order valence-corrected chi connectivity index (χ3v) is 3.50. The molecule has 0 atom stereocenters. The molecule has 0 spiro atoms. The Labute approximate surface area is 124 Å². The highest BCUT2D eigenvalue weighted by Crippen LogP contribution is 2.24. The van der Waals surface area contributed by atoms with Gasteiger partial charge in [0.25, 0.3) is 0 Å². The number of rotatable bonds is 0. The zero-order valence-corrected chi connectivity index (χ0v) is 12.1. The van der Waals surface area contributed by atoms with Gasteiger partial charge in [0.15, 0.2) is 0 Å². The molecule has 0 aliphatic carbocycles. The Hall–Kier alpha value is -2.79. The second-order valence-corrected chi connectivity index (χ2v) is 5.12. The van der Waals surface area contributed by atoms with Gasteiger partial charge in [-0.2, -0.15) is 0 Å². The van der Waals surface area contributed by atoms with Crippen LogP contribution in [0.3, 0.4) is 0 Å². The van der Waals surface area contributed by atoms with Crippen LogP contribution in [0, 0.1) is 25.7 Å². The molecule has 0 aliphatic heterocycles. The Morgan fingerprint density at radius 3 is 2.38 bits per heavy atom. The first kappa shape index (κ1) is 13.2. The van der Waals surface area contributed by atoms with Crippen molar-refractivity contribution in [2.75, 3.05) is 5.73 Å². The summed E-state index contributed by atoms with van der Waals surface area (Å²) in [5.74, 6) is 6.34. The van der Waals surface area contributed by atoms with Gasteiger partial charge in [0, 0.05) is 10.9 Å². The quantitative estimate of drug-likeness (QED) is 0.632.